The van der Waals surface area contributed by atoms with Crippen molar-refractivity contribution in [2.75, 3.05) is 31.2 Å². The molecule has 1 amide bonds. The molecule has 0 aliphatic carbocycles. The summed E-state index contributed by atoms with van der Waals surface area (Å²) in [6.07, 6.45) is 3.00. The highest BCUT2D eigenvalue weighted by atomic mass is 16.5. The van der Waals surface area contributed by atoms with Crippen molar-refractivity contribution in [2.45, 2.75) is 50.6 Å². The summed E-state index contributed by atoms with van der Waals surface area (Å²) in [6.45, 7) is 7.96. The number of anilines is 1. The van der Waals surface area contributed by atoms with Gasteiger partial charge in [-0.05, 0) is 57.8 Å². The molecule has 4 nitrogen and oxygen atoms in total. The zero-order valence-corrected chi connectivity index (χ0v) is 14.1. The number of hydrogen-bond acceptors (Lipinski definition) is 3. The Morgan fingerprint density at radius 1 is 1.22 bits per heavy atom. The molecule has 124 valence electrons. The Morgan fingerprint density at radius 3 is 2.61 bits per heavy atom. The second kappa shape index (κ2) is 5.60. The predicted octanol–water partition coefficient (Wildman–Crippen LogP) is 2.56. The molecule has 1 aromatic rings. The van der Waals surface area contributed by atoms with E-state index in [9.17, 15) is 4.79 Å². The van der Waals surface area contributed by atoms with E-state index in [1.54, 1.807) is 0 Å². The van der Waals surface area contributed by atoms with E-state index in [2.05, 4.69) is 36.9 Å². The minimum absolute atomic E-state index is 0.212. The van der Waals surface area contributed by atoms with Crippen LogP contribution in [0.2, 0.25) is 0 Å². The van der Waals surface area contributed by atoms with Crippen LogP contribution in [-0.2, 0) is 14.9 Å². The van der Waals surface area contributed by atoms with Crippen LogP contribution in [0.4, 0.5) is 5.69 Å². The summed E-state index contributed by atoms with van der Waals surface area (Å²) in [5, 5.41) is 0. The minimum Gasteiger partial charge on any atom is -0.380 e. The maximum atomic E-state index is 13.3. The van der Waals surface area contributed by atoms with Crippen LogP contribution in [0.1, 0.15) is 38.7 Å². The highest BCUT2D eigenvalue weighted by molar-refractivity contribution is 6.08. The van der Waals surface area contributed by atoms with Gasteiger partial charge in [0.15, 0.2) is 0 Å². The van der Waals surface area contributed by atoms with E-state index in [0.29, 0.717) is 11.9 Å². The van der Waals surface area contributed by atoms with Crippen molar-refractivity contribution in [2.24, 2.45) is 0 Å². The lowest BCUT2D eigenvalue weighted by atomic mass is 9.73. The molecule has 0 aromatic heterocycles. The van der Waals surface area contributed by atoms with Crippen LogP contribution < -0.4 is 4.90 Å². The molecule has 23 heavy (non-hydrogen) atoms. The maximum Gasteiger partial charge on any atom is 0.238 e. The fourth-order valence-corrected chi connectivity index (χ4v) is 4.62. The Labute approximate surface area is 138 Å². The average molecular weight is 314 g/mol. The smallest absolute Gasteiger partial charge is 0.238 e. The first-order valence-corrected chi connectivity index (χ1v) is 8.88. The molecule has 0 bridgehead atoms. The molecule has 1 aromatic carbocycles. The first-order valence-electron chi connectivity index (χ1n) is 8.88. The van der Waals surface area contributed by atoms with Gasteiger partial charge in [-0.1, -0.05) is 18.2 Å². The van der Waals surface area contributed by atoms with Gasteiger partial charge < -0.3 is 9.64 Å². The summed E-state index contributed by atoms with van der Waals surface area (Å²) in [5.41, 5.74) is 2.09. The maximum absolute atomic E-state index is 13.3. The summed E-state index contributed by atoms with van der Waals surface area (Å²) in [7, 11) is 0. The van der Waals surface area contributed by atoms with Crippen molar-refractivity contribution in [3.63, 3.8) is 0 Å². The molecule has 0 radical (unpaired) electrons. The molecule has 1 unspecified atom stereocenters. The number of carbonyl (C=O) groups is 1. The first-order chi connectivity index (χ1) is 11.1. The first kappa shape index (κ1) is 15.2. The number of para-hydroxylation sites is 1. The topological polar surface area (TPSA) is 32.8 Å². The molecule has 2 saturated heterocycles. The van der Waals surface area contributed by atoms with Crippen molar-refractivity contribution in [1.29, 1.82) is 0 Å². The van der Waals surface area contributed by atoms with Crippen molar-refractivity contribution in [3.05, 3.63) is 29.8 Å². The molecule has 2 fully saturated rings. The van der Waals surface area contributed by atoms with E-state index in [0.717, 1.165) is 51.3 Å². The van der Waals surface area contributed by atoms with Gasteiger partial charge in [0.1, 0.15) is 0 Å². The number of carbonyl (C=O) groups excluding carboxylic acids is 1. The number of likely N-dealkylation sites (tertiary alicyclic amines) is 1. The van der Waals surface area contributed by atoms with Crippen molar-refractivity contribution >= 4 is 11.6 Å². The van der Waals surface area contributed by atoms with Crippen molar-refractivity contribution in [1.82, 2.24) is 4.90 Å². The monoisotopic (exact) mass is 314 g/mol. The molecule has 3 aliphatic rings. The lowest BCUT2D eigenvalue weighted by Gasteiger charge is -2.41. The van der Waals surface area contributed by atoms with Crippen LogP contribution in [0.15, 0.2) is 24.3 Å². The Bertz CT molecular complexity index is 599. The summed E-state index contributed by atoms with van der Waals surface area (Å²) < 4.78 is 5.54. The molecule has 1 atom stereocenters. The molecule has 0 saturated carbocycles. The Kier molecular flexibility index (Phi) is 3.69. The zero-order chi connectivity index (χ0) is 16.0. The number of piperidine rings is 1. The van der Waals surface area contributed by atoms with E-state index >= 15 is 0 Å². The largest absolute Gasteiger partial charge is 0.380 e. The number of hydrogen-bond donors (Lipinski definition) is 0. The number of nitrogens with zero attached hydrogens (tertiary/aromatic N) is 2. The average Bonchev–Trinajstić information content (AvgIpc) is 3.16. The normalized spacial score (nSPS) is 27.2. The molecule has 4 rings (SSSR count). The van der Waals surface area contributed by atoms with E-state index in [-0.39, 0.29) is 11.5 Å². The standard InChI is InChI=1S/C19H26N2O2/c1-14(2)21-17-6-4-3-5-16(17)19(18(21)22)8-10-20(11-9-19)15-7-12-23-13-15/h3-6,14-15H,7-13H2,1-2H3. The molecule has 3 heterocycles. The van der Waals surface area contributed by atoms with Crippen molar-refractivity contribution in [3.8, 4) is 0 Å². The molecule has 1 spiro atoms. The van der Waals surface area contributed by atoms with Gasteiger partial charge >= 0.3 is 0 Å². The van der Waals surface area contributed by atoms with Gasteiger partial charge in [0.2, 0.25) is 5.91 Å². The second-order valence-electron chi connectivity index (χ2n) is 7.42. The number of ether oxygens (including phenoxy) is 1. The van der Waals surface area contributed by atoms with E-state index in [4.69, 9.17) is 4.74 Å². The van der Waals surface area contributed by atoms with Gasteiger partial charge in [0.05, 0.1) is 12.0 Å². The van der Waals surface area contributed by atoms with Crippen LogP contribution in [0.3, 0.4) is 0 Å². The van der Waals surface area contributed by atoms with Gasteiger partial charge in [0, 0.05) is 24.4 Å². The van der Waals surface area contributed by atoms with Gasteiger partial charge in [0.25, 0.3) is 0 Å². The third kappa shape index (κ3) is 2.23. The molecule has 0 N–H and O–H groups in total. The van der Waals surface area contributed by atoms with Crippen LogP contribution in [0.25, 0.3) is 0 Å². The molecule has 3 aliphatic heterocycles. The summed E-state index contributed by atoms with van der Waals surface area (Å²) in [6, 6.07) is 9.17. The number of benzene rings is 1. The van der Waals surface area contributed by atoms with Crippen LogP contribution in [-0.4, -0.2) is 49.2 Å². The van der Waals surface area contributed by atoms with Crippen LogP contribution in [0, 0.1) is 0 Å². The van der Waals surface area contributed by atoms with Crippen LogP contribution in [0.5, 0.6) is 0 Å². The Hall–Kier alpha value is -1.39. The van der Waals surface area contributed by atoms with E-state index in [1.165, 1.54) is 5.56 Å². The predicted molar refractivity (Wildman–Crippen MR) is 90.8 cm³/mol. The van der Waals surface area contributed by atoms with Gasteiger partial charge in [-0.15, -0.1) is 0 Å². The van der Waals surface area contributed by atoms with Gasteiger partial charge in [-0.2, -0.15) is 0 Å². The second-order valence-corrected chi connectivity index (χ2v) is 7.42. The fourth-order valence-electron chi connectivity index (χ4n) is 4.62. The highest BCUT2D eigenvalue weighted by Gasteiger charge is 2.52. The zero-order valence-electron chi connectivity index (χ0n) is 14.1. The Morgan fingerprint density at radius 2 is 1.96 bits per heavy atom. The van der Waals surface area contributed by atoms with Gasteiger partial charge in [-0.25, -0.2) is 0 Å². The highest BCUT2D eigenvalue weighted by Crippen LogP contribution is 2.48. The molecular formula is C19H26N2O2. The number of amides is 1. The summed E-state index contributed by atoms with van der Waals surface area (Å²) in [4.78, 5) is 17.8. The lowest BCUT2D eigenvalue weighted by Crippen LogP contribution is -2.52. The van der Waals surface area contributed by atoms with Gasteiger partial charge in [-0.3, -0.25) is 9.69 Å². The Balaban J connectivity index is 1.62. The fraction of sp³-hybridized carbons (Fsp3) is 0.632. The van der Waals surface area contributed by atoms with E-state index in [1.807, 2.05) is 11.0 Å². The van der Waals surface area contributed by atoms with E-state index < -0.39 is 0 Å². The summed E-state index contributed by atoms with van der Waals surface area (Å²) >= 11 is 0. The minimum atomic E-state index is -0.295. The molecular weight excluding hydrogens is 288 g/mol. The number of fused-ring (bicyclic) bond motifs is 2. The lowest BCUT2D eigenvalue weighted by molar-refractivity contribution is -0.125. The third-order valence-electron chi connectivity index (χ3n) is 5.90. The molecule has 4 heteroatoms. The SMILES string of the molecule is CC(C)N1C(=O)C2(CCN(C3CCOC3)CC2)c2ccccc21. The van der Waals surface area contributed by atoms with Crippen LogP contribution >= 0.6 is 0 Å². The quantitative estimate of drug-likeness (QED) is 0.841. The third-order valence-corrected chi connectivity index (χ3v) is 5.90. The van der Waals surface area contributed by atoms with Crippen molar-refractivity contribution < 1.29 is 9.53 Å². The number of rotatable bonds is 2. The summed E-state index contributed by atoms with van der Waals surface area (Å²) in [5.74, 6) is 0.316.